The molecule has 0 aliphatic rings. The third-order valence-electron chi connectivity index (χ3n) is 2.90. The highest BCUT2D eigenvalue weighted by molar-refractivity contribution is 14.1. The Morgan fingerprint density at radius 2 is 2.17 bits per heavy atom. The van der Waals surface area contributed by atoms with E-state index in [4.69, 9.17) is 11.6 Å². The number of halogens is 2. The number of nitrogens with zero attached hydrogens (tertiary/aromatic N) is 3. The lowest BCUT2D eigenvalue weighted by atomic mass is 10.3. The molecule has 2 rings (SSSR count). The summed E-state index contributed by atoms with van der Waals surface area (Å²) in [5.41, 5.74) is 2.23. The molecule has 5 heteroatoms. The van der Waals surface area contributed by atoms with E-state index in [0.717, 1.165) is 30.9 Å². The molecule has 0 spiro atoms. The molecule has 1 heterocycles. The van der Waals surface area contributed by atoms with E-state index >= 15 is 0 Å². The molecule has 0 saturated heterocycles. The van der Waals surface area contributed by atoms with Gasteiger partial charge in [-0.3, -0.25) is 0 Å². The van der Waals surface area contributed by atoms with Crippen LogP contribution in [0.25, 0.3) is 11.0 Å². The lowest BCUT2D eigenvalue weighted by Crippen LogP contribution is -2.15. The molecule has 0 N–H and O–H groups in total. The second-order valence-corrected chi connectivity index (χ2v) is 6.12. The molecular formula is C13H17ClIN3. The highest BCUT2D eigenvalue weighted by Gasteiger charge is 2.09. The van der Waals surface area contributed by atoms with Crippen LogP contribution in [0.4, 0.5) is 0 Å². The van der Waals surface area contributed by atoms with Crippen molar-refractivity contribution in [3.63, 3.8) is 0 Å². The molecule has 1 aromatic heterocycles. The van der Waals surface area contributed by atoms with Crippen LogP contribution in [0.5, 0.6) is 0 Å². The number of benzene rings is 1. The maximum absolute atomic E-state index is 5.99. The Morgan fingerprint density at radius 1 is 1.39 bits per heavy atom. The summed E-state index contributed by atoms with van der Waals surface area (Å²) in [6.45, 7) is 2.04. The summed E-state index contributed by atoms with van der Waals surface area (Å²) in [5.74, 6) is 1.43. The van der Waals surface area contributed by atoms with Crippen LogP contribution >= 0.6 is 34.2 Å². The molecule has 0 aliphatic carbocycles. The Labute approximate surface area is 126 Å². The monoisotopic (exact) mass is 377 g/mol. The number of aromatic nitrogens is 2. The van der Waals surface area contributed by atoms with E-state index in [2.05, 4.69) is 69.3 Å². The van der Waals surface area contributed by atoms with Crippen molar-refractivity contribution < 1.29 is 0 Å². The minimum atomic E-state index is 0.465. The lowest BCUT2D eigenvalue weighted by molar-refractivity contribution is 0.386. The second-order valence-electron chi connectivity index (χ2n) is 4.60. The molecule has 2 aromatic rings. The summed E-state index contributed by atoms with van der Waals surface area (Å²) in [6, 6.07) is 6.36. The van der Waals surface area contributed by atoms with Gasteiger partial charge in [0.25, 0.3) is 0 Å². The molecule has 0 radical (unpaired) electrons. The first-order valence-corrected chi connectivity index (χ1v) is 7.58. The van der Waals surface area contributed by atoms with Crippen molar-refractivity contribution in [1.82, 2.24) is 14.5 Å². The highest BCUT2D eigenvalue weighted by Crippen LogP contribution is 2.20. The minimum Gasteiger partial charge on any atom is -0.327 e. The number of hydrogen-bond donors (Lipinski definition) is 0. The zero-order chi connectivity index (χ0) is 13.1. The average Bonchev–Trinajstić information content (AvgIpc) is 2.66. The molecule has 1 aromatic carbocycles. The Morgan fingerprint density at radius 3 is 2.83 bits per heavy atom. The number of rotatable bonds is 5. The molecule has 0 fully saturated rings. The van der Waals surface area contributed by atoms with E-state index in [1.54, 1.807) is 0 Å². The molecule has 0 atom stereocenters. The van der Waals surface area contributed by atoms with E-state index in [0.29, 0.717) is 5.88 Å². The van der Waals surface area contributed by atoms with Crippen LogP contribution < -0.4 is 0 Å². The first kappa shape index (κ1) is 14.1. The first-order chi connectivity index (χ1) is 8.61. The average molecular weight is 378 g/mol. The van der Waals surface area contributed by atoms with Gasteiger partial charge in [0.1, 0.15) is 5.82 Å². The van der Waals surface area contributed by atoms with Gasteiger partial charge < -0.3 is 9.47 Å². The zero-order valence-electron chi connectivity index (χ0n) is 10.7. The highest BCUT2D eigenvalue weighted by atomic mass is 127. The molecule has 0 saturated carbocycles. The van der Waals surface area contributed by atoms with Crippen molar-refractivity contribution in [2.24, 2.45) is 0 Å². The van der Waals surface area contributed by atoms with Gasteiger partial charge in [-0.1, -0.05) is 0 Å². The Kier molecular flexibility index (Phi) is 4.86. The van der Waals surface area contributed by atoms with Gasteiger partial charge in [0.05, 0.1) is 16.9 Å². The fourth-order valence-electron chi connectivity index (χ4n) is 2.05. The van der Waals surface area contributed by atoms with Crippen molar-refractivity contribution in [2.45, 2.75) is 18.8 Å². The second kappa shape index (κ2) is 6.21. The smallest absolute Gasteiger partial charge is 0.124 e. The van der Waals surface area contributed by atoms with Crippen molar-refractivity contribution >= 4 is 45.2 Å². The van der Waals surface area contributed by atoms with Gasteiger partial charge in [-0.2, -0.15) is 0 Å². The van der Waals surface area contributed by atoms with Crippen molar-refractivity contribution in [3.8, 4) is 0 Å². The van der Waals surface area contributed by atoms with Crippen LogP contribution in [0, 0.1) is 3.57 Å². The van der Waals surface area contributed by atoms with Gasteiger partial charge in [-0.15, -0.1) is 11.6 Å². The predicted octanol–water partition coefficient (Wildman–Crippen LogP) is 3.33. The molecule has 3 nitrogen and oxygen atoms in total. The first-order valence-electron chi connectivity index (χ1n) is 5.97. The summed E-state index contributed by atoms with van der Waals surface area (Å²) < 4.78 is 3.45. The fraction of sp³-hybridized carbons (Fsp3) is 0.462. The Balaban J connectivity index is 2.29. The summed E-state index contributed by atoms with van der Waals surface area (Å²) in [6.07, 6.45) is 1.11. The normalized spacial score (nSPS) is 11.6. The minimum absolute atomic E-state index is 0.465. The molecule has 0 unspecified atom stereocenters. The third kappa shape index (κ3) is 3.16. The molecule has 18 heavy (non-hydrogen) atoms. The number of aryl methyl sites for hydroxylation is 1. The fourth-order valence-corrected chi connectivity index (χ4v) is 2.73. The standard InChI is InChI=1S/C13H17ClIN3/c1-17(2)6-3-7-18-12-5-4-10(15)8-11(12)16-13(18)9-14/h4-5,8H,3,6-7,9H2,1-2H3. The predicted molar refractivity (Wildman–Crippen MR) is 85.2 cm³/mol. The molecule has 98 valence electrons. The molecule has 0 bridgehead atoms. The maximum atomic E-state index is 5.99. The molecular weight excluding hydrogens is 361 g/mol. The third-order valence-corrected chi connectivity index (χ3v) is 3.81. The quantitative estimate of drug-likeness (QED) is 0.589. The van der Waals surface area contributed by atoms with Gasteiger partial charge in [0, 0.05) is 10.1 Å². The number of alkyl halides is 1. The summed E-state index contributed by atoms with van der Waals surface area (Å²) in [7, 11) is 4.19. The van der Waals surface area contributed by atoms with Crippen LogP contribution in [0.3, 0.4) is 0 Å². The van der Waals surface area contributed by atoms with Gasteiger partial charge in [0.2, 0.25) is 0 Å². The van der Waals surface area contributed by atoms with Crippen molar-refractivity contribution in [1.29, 1.82) is 0 Å². The van der Waals surface area contributed by atoms with Gasteiger partial charge in [-0.25, -0.2) is 4.98 Å². The largest absolute Gasteiger partial charge is 0.327 e. The number of hydrogen-bond acceptors (Lipinski definition) is 2. The molecule has 0 amide bonds. The van der Waals surface area contributed by atoms with Crippen LogP contribution in [-0.4, -0.2) is 35.1 Å². The zero-order valence-corrected chi connectivity index (χ0v) is 13.6. The van der Waals surface area contributed by atoms with Gasteiger partial charge in [0.15, 0.2) is 0 Å². The van der Waals surface area contributed by atoms with E-state index in [1.807, 2.05) is 0 Å². The SMILES string of the molecule is CN(C)CCCn1c(CCl)nc2cc(I)ccc21. The van der Waals surface area contributed by atoms with Crippen molar-refractivity contribution in [3.05, 3.63) is 27.6 Å². The topological polar surface area (TPSA) is 21.1 Å². The van der Waals surface area contributed by atoms with E-state index in [1.165, 1.54) is 9.09 Å². The van der Waals surface area contributed by atoms with E-state index < -0.39 is 0 Å². The van der Waals surface area contributed by atoms with Crippen LogP contribution in [-0.2, 0) is 12.4 Å². The maximum Gasteiger partial charge on any atom is 0.124 e. The summed E-state index contributed by atoms with van der Waals surface area (Å²) in [5, 5.41) is 0. The van der Waals surface area contributed by atoms with Gasteiger partial charge in [-0.05, 0) is 67.9 Å². The van der Waals surface area contributed by atoms with Crippen LogP contribution in [0.1, 0.15) is 12.2 Å². The van der Waals surface area contributed by atoms with Crippen molar-refractivity contribution in [2.75, 3.05) is 20.6 Å². The number of imidazole rings is 1. The van der Waals surface area contributed by atoms with E-state index in [-0.39, 0.29) is 0 Å². The molecule has 0 aliphatic heterocycles. The summed E-state index contributed by atoms with van der Waals surface area (Å²) >= 11 is 8.30. The summed E-state index contributed by atoms with van der Waals surface area (Å²) in [4.78, 5) is 6.80. The number of fused-ring (bicyclic) bond motifs is 1. The lowest BCUT2D eigenvalue weighted by Gasteiger charge is -2.11. The Bertz CT molecular complexity index is 536. The van der Waals surface area contributed by atoms with E-state index in [9.17, 15) is 0 Å². The van der Waals surface area contributed by atoms with Crippen LogP contribution in [0.2, 0.25) is 0 Å². The van der Waals surface area contributed by atoms with Crippen LogP contribution in [0.15, 0.2) is 18.2 Å². The van der Waals surface area contributed by atoms with Gasteiger partial charge >= 0.3 is 0 Å². The Hall–Kier alpha value is -0.330.